The number of carbonyl (C=O) groups excluding carboxylic acids is 1. The van der Waals surface area contributed by atoms with Crippen LogP contribution in [-0.4, -0.2) is 17.5 Å². The molecule has 0 atom stereocenters. The van der Waals surface area contributed by atoms with Crippen LogP contribution in [0.4, 0.5) is 5.69 Å². The highest BCUT2D eigenvalue weighted by atomic mass is 79.9. The molecule has 0 unspecified atom stereocenters. The van der Waals surface area contributed by atoms with Gasteiger partial charge in [-0.1, -0.05) is 24.4 Å². The minimum atomic E-state index is -0.242. The molecule has 2 rings (SSSR count). The lowest BCUT2D eigenvalue weighted by molar-refractivity contribution is -0.118. The Balaban J connectivity index is 1.90. The third kappa shape index (κ3) is 4.54. The summed E-state index contributed by atoms with van der Waals surface area (Å²) in [7, 11) is 0. The van der Waals surface area contributed by atoms with Crippen LogP contribution >= 0.6 is 28.1 Å². The molecule has 1 amide bonds. The molecule has 0 fully saturated rings. The number of thiocarbonyl (C=S) groups is 1. The van der Waals surface area contributed by atoms with Crippen molar-refractivity contribution in [2.45, 2.75) is 0 Å². The Labute approximate surface area is 136 Å². The second-order valence-corrected chi connectivity index (χ2v) is 5.50. The molecule has 0 saturated carbocycles. The van der Waals surface area contributed by atoms with Gasteiger partial charge in [-0.3, -0.25) is 4.79 Å². The summed E-state index contributed by atoms with van der Waals surface area (Å²) in [6, 6.07) is 14.3. The maximum absolute atomic E-state index is 11.8. The third-order valence-electron chi connectivity index (χ3n) is 2.65. The number of anilines is 1. The first-order chi connectivity index (χ1) is 10.1. The Morgan fingerprint density at radius 3 is 2.48 bits per heavy atom. The van der Waals surface area contributed by atoms with E-state index in [-0.39, 0.29) is 12.5 Å². The van der Waals surface area contributed by atoms with Crippen molar-refractivity contribution in [3.8, 4) is 5.75 Å². The molecule has 4 nitrogen and oxygen atoms in total. The average Bonchev–Trinajstić information content (AvgIpc) is 2.47. The molecule has 0 aromatic heterocycles. The zero-order valence-electron chi connectivity index (χ0n) is 11.0. The first-order valence-electron chi connectivity index (χ1n) is 6.13. The topological polar surface area (TPSA) is 64.3 Å². The van der Waals surface area contributed by atoms with Gasteiger partial charge in [-0.25, -0.2) is 0 Å². The van der Waals surface area contributed by atoms with Crippen molar-refractivity contribution in [1.82, 2.24) is 0 Å². The van der Waals surface area contributed by atoms with Gasteiger partial charge in [0.1, 0.15) is 10.7 Å². The lowest BCUT2D eigenvalue weighted by atomic mass is 10.2. The van der Waals surface area contributed by atoms with Gasteiger partial charge in [-0.05, 0) is 52.3 Å². The molecule has 108 valence electrons. The normalized spacial score (nSPS) is 9.95. The number of amides is 1. The summed E-state index contributed by atoms with van der Waals surface area (Å²) in [6.45, 7) is -0.0698. The van der Waals surface area contributed by atoms with E-state index in [0.29, 0.717) is 16.4 Å². The predicted molar refractivity (Wildman–Crippen MR) is 90.6 cm³/mol. The lowest BCUT2D eigenvalue weighted by Crippen LogP contribution is -2.20. The van der Waals surface area contributed by atoms with Crippen LogP contribution in [0.25, 0.3) is 0 Å². The van der Waals surface area contributed by atoms with Crippen LogP contribution in [0.1, 0.15) is 5.56 Å². The molecule has 2 aromatic carbocycles. The van der Waals surface area contributed by atoms with E-state index < -0.39 is 0 Å². The molecule has 0 bridgehead atoms. The van der Waals surface area contributed by atoms with Crippen molar-refractivity contribution >= 4 is 44.7 Å². The molecule has 0 heterocycles. The van der Waals surface area contributed by atoms with Crippen molar-refractivity contribution in [1.29, 1.82) is 0 Å². The molecule has 0 radical (unpaired) electrons. The standard InChI is InChI=1S/C15H13BrN2O2S/c16-12-3-1-2-4-13(12)20-9-14(19)18-11-7-5-10(6-8-11)15(17)21/h1-8H,9H2,(H2,17,21)(H,18,19). The van der Waals surface area contributed by atoms with Crippen LogP contribution in [0.15, 0.2) is 53.0 Å². The number of nitrogens with one attached hydrogen (secondary N) is 1. The maximum atomic E-state index is 11.8. The zero-order valence-corrected chi connectivity index (χ0v) is 13.4. The van der Waals surface area contributed by atoms with Gasteiger partial charge < -0.3 is 15.8 Å². The molecule has 0 aliphatic heterocycles. The lowest BCUT2D eigenvalue weighted by Gasteiger charge is -2.09. The molecule has 2 aromatic rings. The molecular formula is C15H13BrN2O2S. The van der Waals surface area contributed by atoms with Crippen LogP contribution in [0.3, 0.4) is 0 Å². The highest BCUT2D eigenvalue weighted by molar-refractivity contribution is 9.10. The third-order valence-corrected chi connectivity index (χ3v) is 3.54. The van der Waals surface area contributed by atoms with E-state index in [2.05, 4.69) is 21.2 Å². The van der Waals surface area contributed by atoms with Gasteiger partial charge in [0.25, 0.3) is 5.91 Å². The summed E-state index contributed by atoms with van der Waals surface area (Å²) in [5.41, 5.74) is 6.93. The smallest absolute Gasteiger partial charge is 0.262 e. The molecule has 0 aliphatic carbocycles. The van der Waals surface area contributed by atoms with Crippen molar-refractivity contribution in [3.05, 3.63) is 58.6 Å². The van der Waals surface area contributed by atoms with Gasteiger partial charge in [-0.2, -0.15) is 0 Å². The number of halogens is 1. The molecular weight excluding hydrogens is 352 g/mol. The van der Waals surface area contributed by atoms with Crippen LogP contribution in [0.2, 0.25) is 0 Å². The molecule has 6 heteroatoms. The summed E-state index contributed by atoms with van der Waals surface area (Å²) in [5, 5.41) is 2.73. The van der Waals surface area contributed by atoms with E-state index in [1.165, 1.54) is 0 Å². The summed E-state index contributed by atoms with van der Waals surface area (Å²) in [5.74, 6) is 0.380. The number of para-hydroxylation sites is 1. The number of hydrogen-bond donors (Lipinski definition) is 2. The highest BCUT2D eigenvalue weighted by Gasteiger charge is 2.06. The summed E-state index contributed by atoms with van der Waals surface area (Å²) >= 11 is 8.22. The van der Waals surface area contributed by atoms with Crippen LogP contribution < -0.4 is 15.8 Å². The van der Waals surface area contributed by atoms with E-state index in [4.69, 9.17) is 22.7 Å². The average molecular weight is 365 g/mol. The monoisotopic (exact) mass is 364 g/mol. The zero-order chi connectivity index (χ0) is 15.2. The van der Waals surface area contributed by atoms with Crippen LogP contribution in [0, 0.1) is 0 Å². The molecule has 0 aliphatic rings. The summed E-state index contributed by atoms with van der Waals surface area (Å²) in [6.07, 6.45) is 0. The molecule has 3 N–H and O–H groups in total. The first kappa shape index (κ1) is 15.5. The number of benzene rings is 2. The largest absolute Gasteiger partial charge is 0.483 e. The second kappa shape index (κ2) is 7.19. The van der Waals surface area contributed by atoms with E-state index in [9.17, 15) is 4.79 Å². The molecule has 21 heavy (non-hydrogen) atoms. The minimum absolute atomic E-state index is 0.0698. The first-order valence-corrected chi connectivity index (χ1v) is 7.33. The number of rotatable bonds is 5. The Morgan fingerprint density at radius 1 is 1.19 bits per heavy atom. The number of carbonyl (C=O) groups is 1. The quantitative estimate of drug-likeness (QED) is 0.800. The Morgan fingerprint density at radius 2 is 1.86 bits per heavy atom. The summed E-state index contributed by atoms with van der Waals surface area (Å²) in [4.78, 5) is 12.1. The van der Waals surface area contributed by atoms with E-state index >= 15 is 0 Å². The van der Waals surface area contributed by atoms with Crippen molar-refractivity contribution < 1.29 is 9.53 Å². The SMILES string of the molecule is NC(=S)c1ccc(NC(=O)COc2ccccc2Br)cc1. The highest BCUT2D eigenvalue weighted by Crippen LogP contribution is 2.23. The van der Waals surface area contributed by atoms with Crippen molar-refractivity contribution in [2.24, 2.45) is 5.73 Å². The van der Waals surface area contributed by atoms with Gasteiger partial charge in [0, 0.05) is 11.3 Å². The van der Waals surface area contributed by atoms with Gasteiger partial charge >= 0.3 is 0 Å². The number of nitrogens with two attached hydrogens (primary N) is 1. The maximum Gasteiger partial charge on any atom is 0.262 e. The van der Waals surface area contributed by atoms with Crippen molar-refractivity contribution in [2.75, 3.05) is 11.9 Å². The minimum Gasteiger partial charge on any atom is -0.483 e. The van der Waals surface area contributed by atoms with Crippen LogP contribution in [0.5, 0.6) is 5.75 Å². The Kier molecular flexibility index (Phi) is 5.30. The predicted octanol–water partition coefficient (Wildman–Crippen LogP) is 3.10. The van der Waals surface area contributed by atoms with E-state index in [0.717, 1.165) is 10.0 Å². The Bertz CT molecular complexity index is 659. The fourth-order valence-corrected chi connectivity index (χ4v) is 2.16. The van der Waals surface area contributed by atoms with Crippen LogP contribution in [-0.2, 0) is 4.79 Å². The van der Waals surface area contributed by atoms with Gasteiger partial charge in [0.05, 0.1) is 4.47 Å². The van der Waals surface area contributed by atoms with E-state index in [1.807, 2.05) is 18.2 Å². The molecule has 0 saturated heterocycles. The van der Waals surface area contributed by atoms with E-state index in [1.54, 1.807) is 30.3 Å². The number of ether oxygens (including phenoxy) is 1. The molecule has 0 spiro atoms. The fraction of sp³-hybridized carbons (Fsp3) is 0.0667. The number of hydrogen-bond acceptors (Lipinski definition) is 3. The Hall–Kier alpha value is -1.92. The van der Waals surface area contributed by atoms with Gasteiger partial charge in [0.2, 0.25) is 0 Å². The van der Waals surface area contributed by atoms with Crippen molar-refractivity contribution in [3.63, 3.8) is 0 Å². The summed E-state index contributed by atoms with van der Waals surface area (Å²) < 4.78 is 6.24. The van der Waals surface area contributed by atoms with Gasteiger partial charge in [-0.15, -0.1) is 0 Å². The fourth-order valence-electron chi connectivity index (χ4n) is 1.62. The second-order valence-electron chi connectivity index (χ2n) is 4.21. The van der Waals surface area contributed by atoms with Gasteiger partial charge in [0.15, 0.2) is 6.61 Å².